The van der Waals surface area contributed by atoms with Gasteiger partial charge in [-0.05, 0) is 74.8 Å². The summed E-state index contributed by atoms with van der Waals surface area (Å²) in [6.45, 7) is 7.42. The molecule has 2 aromatic rings. The highest BCUT2D eigenvalue weighted by Crippen LogP contribution is 2.26. The fourth-order valence-corrected chi connectivity index (χ4v) is 5.08. The number of piperidine rings is 2. The van der Waals surface area contributed by atoms with E-state index in [1.807, 2.05) is 19.1 Å². The summed E-state index contributed by atoms with van der Waals surface area (Å²) in [6, 6.07) is 19.1. The van der Waals surface area contributed by atoms with Crippen LogP contribution >= 0.6 is 0 Å². The highest BCUT2D eigenvalue weighted by molar-refractivity contribution is 5.79. The molecule has 166 valence electrons. The van der Waals surface area contributed by atoms with E-state index in [-0.39, 0.29) is 5.92 Å². The summed E-state index contributed by atoms with van der Waals surface area (Å²) >= 11 is 0. The Morgan fingerprint density at radius 1 is 0.935 bits per heavy atom. The summed E-state index contributed by atoms with van der Waals surface area (Å²) in [4.78, 5) is 17.8. The first-order valence-corrected chi connectivity index (χ1v) is 12.0. The number of nitrogens with zero attached hydrogens (tertiary/aromatic N) is 2. The number of likely N-dealkylation sites (tertiary alicyclic amines) is 2. The third kappa shape index (κ3) is 6.10. The highest BCUT2D eigenvalue weighted by atomic mass is 16.5. The Balaban J connectivity index is 1.25. The van der Waals surface area contributed by atoms with Gasteiger partial charge in [-0.2, -0.15) is 0 Å². The smallest absolute Gasteiger partial charge is 0.226 e. The fraction of sp³-hybridized carbons (Fsp3) is 0.519. The lowest BCUT2D eigenvalue weighted by Gasteiger charge is -2.38. The van der Waals surface area contributed by atoms with Crippen molar-refractivity contribution in [3.8, 4) is 5.75 Å². The lowest BCUT2D eigenvalue weighted by atomic mass is 9.89. The van der Waals surface area contributed by atoms with E-state index in [4.69, 9.17) is 4.74 Å². The molecule has 2 fully saturated rings. The van der Waals surface area contributed by atoms with E-state index in [0.29, 0.717) is 18.4 Å². The number of hydrogen-bond donors (Lipinski definition) is 0. The molecule has 2 aromatic carbocycles. The summed E-state index contributed by atoms with van der Waals surface area (Å²) in [5.41, 5.74) is 2.71. The van der Waals surface area contributed by atoms with Crippen molar-refractivity contribution in [3.05, 3.63) is 65.7 Å². The van der Waals surface area contributed by atoms with E-state index < -0.39 is 0 Å². The average Bonchev–Trinajstić information content (AvgIpc) is 2.81. The van der Waals surface area contributed by atoms with Gasteiger partial charge in [-0.1, -0.05) is 42.5 Å². The normalized spacial score (nSPS) is 20.5. The van der Waals surface area contributed by atoms with Crippen LogP contribution in [-0.2, 0) is 17.8 Å². The van der Waals surface area contributed by atoms with Gasteiger partial charge in [0.05, 0.1) is 12.5 Å². The zero-order valence-electron chi connectivity index (χ0n) is 18.8. The van der Waals surface area contributed by atoms with Gasteiger partial charge < -0.3 is 9.64 Å². The minimum Gasteiger partial charge on any atom is -0.494 e. The maximum atomic E-state index is 13.2. The Morgan fingerprint density at radius 3 is 2.39 bits per heavy atom. The molecule has 1 amide bonds. The van der Waals surface area contributed by atoms with Crippen molar-refractivity contribution in [3.63, 3.8) is 0 Å². The van der Waals surface area contributed by atoms with Crippen molar-refractivity contribution in [1.82, 2.24) is 9.80 Å². The molecule has 31 heavy (non-hydrogen) atoms. The van der Waals surface area contributed by atoms with E-state index in [1.54, 1.807) is 0 Å². The van der Waals surface area contributed by atoms with Gasteiger partial charge in [0.1, 0.15) is 5.75 Å². The second-order valence-electron chi connectivity index (χ2n) is 9.11. The monoisotopic (exact) mass is 420 g/mol. The zero-order chi connectivity index (χ0) is 21.5. The molecule has 0 radical (unpaired) electrons. The molecule has 4 nitrogen and oxygen atoms in total. The number of carbonyl (C=O) groups excluding carboxylic acids is 1. The van der Waals surface area contributed by atoms with Crippen LogP contribution in [0.15, 0.2) is 54.6 Å². The SMILES string of the molecule is CCOc1ccc(CN2CCC[C@H](C(=O)N3CCC(Cc4ccccc4)CC3)C2)cc1. The van der Waals surface area contributed by atoms with Crippen molar-refractivity contribution in [2.75, 3.05) is 32.8 Å². The Kier molecular flexibility index (Phi) is 7.63. The number of rotatable bonds is 7. The van der Waals surface area contributed by atoms with E-state index in [2.05, 4.69) is 52.3 Å². The molecule has 0 saturated carbocycles. The number of amides is 1. The Bertz CT molecular complexity index is 813. The van der Waals surface area contributed by atoms with Crippen LogP contribution in [0.3, 0.4) is 0 Å². The molecule has 2 aliphatic rings. The first-order chi connectivity index (χ1) is 15.2. The summed E-state index contributed by atoms with van der Waals surface area (Å²) < 4.78 is 5.54. The van der Waals surface area contributed by atoms with Crippen LogP contribution in [0.2, 0.25) is 0 Å². The number of ether oxygens (including phenoxy) is 1. The van der Waals surface area contributed by atoms with Crippen LogP contribution in [0.1, 0.15) is 43.7 Å². The Morgan fingerprint density at radius 2 is 1.68 bits per heavy atom. The Hall–Kier alpha value is -2.33. The first kappa shape index (κ1) is 21.9. The summed E-state index contributed by atoms with van der Waals surface area (Å²) in [6.07, 6.45) is 5.54. The number of hydrogen-bond acceptors (Lipinski definition) is 3. The molecule has 2 aliphatic heterocycles. The van der Waals surface area contributed by atoms with Gasteiger partial charge in [0, 0.05) is 26.2 Å². The molecule has 0 unspecified atom stereocenters. The quantitative estimate of drug-likeness (QED) is 0.646. The molecular formula is C27H36N2O2. The maximum absolute atomic E-state index is 13.2. The molecule has 0 spiro atoms. The first-order valence-electron chi connectivity index (χ1n) is 12.0. The van der Waals surface area contributed by atoms with Crippen molar-refractivity contribution in [2.24, 2.45) is 11.8 Å². The second kappa shape index (κ2) is 10.8. The van der Waals surface area contributed by atoms with E-state index in [9.17, 15) is 4.79 Å². The van der Waals surface area contributed by atoms with Crippen molar-refractivity contribution in [2.45, 2.75) is 45.6 Å². The molecule has 0 bridgehead atoms. The van der Waals surface area contributed by atoms with Gasteiger partial charge in [-0.15, -0.1) is 0 Å². The van der Waals surface area contributed by atoms with E-state index >= 15 is 0 Å². The van der Waals surface area contributed by atoms with Crippen LogP contribution in [0.4, 0.5) is 0 Å². The minimum atomic E-state index is 0.155. The van der Waals surface area contributed by atoms with E-state index in [0.717, 1.165) is 70.6 Å². The zero-order valence-corrected chi connectivity index (χ0v) is 18.8. The van der Waals surface area contributed by atoms with Gasteiger partial charge in [-0.3, -0.25) is 9.69 Å². The summed E-state index contributed by atoms with van der Waals surface area (Å²) in [7, 11) is 0. The maximum Gasteiger partial charge on any atom is 0.226 e. The van der Waals surface area contributed by atoms with Gasteiger partial charge in [0.25, 0.3) is 0 Å². The molecule has 2 saturated heterocycles. The number of carbonyl (C=O) groups is 1. The van der Waals surface area contributed by atoms with Crippen LogP contribution < -0.4 is 4.74 Å². The fourth-order valence-electron chi connectivity index (χ4n) is 5.08. The summed E-state index contributed by atoms with van der Waals surface area (Å²) in [5, 5.41) is 0. The second-order valence-corrected chi connectivity index (χ2v) is 9.11. The molecule has 1 atom stereocenters. The van der Waals surface area contributed by atoms with Crippen molar-refractivity contribution < 1.29 is 9.53 Å². The number of benzene rings is 2. The summed E-state index contributed by atoms with van der Waals surface area (Å²) in [5.74, 6) is 2.17. The van der Waals surface area contributed by atoms with Gasteiger partial charge in [0.15, 0.2) is 0 Å². The van der Waals surface area contributed by atoms with Crippen molar-refractivity contribution >= 4 is 5.91 Å². The van der Waals surface area contributed by atoms with Crippen molar-refractivity contribution in [1.29, 1.82) is 0 Å². The molecule has 2 heterocycles. The molecule has 0 N–H and O–H groups in total. The largest absolute Gasteiger partial charge is 0.494 e. The highest BCUT2D eigenvalue weighted by Gasteiger charge is 2.31. The molecule has 0 aromatic heterocycles. The van der Waals surface area contributed by atoms with Crippen LogP contribution in [-0.4, -0.2) is 48.5 Å². The third-order valence-electron chi connectivity index (χ3n) is 6.79. The standard InChI is InChI=1S/C27H36N2O2/c1-2-31-26-12-10-24(11-13-26)20-28-16-6-9-25(21-28)27(30)29-17-14-23(15-18-29)19-22-7-4-3-5-8-22/h3-5,7-8,10-13,23,25H,2,6,9,14-21H2,1H3/t25-/m0/s1. The molecule has 4 heteroatoms. The van der Waals surface area contributed by atoms with Gasteiger partial charge in [0.2, 0.25) is 5.91 Å². The predicted octanol–water partition coefficient (Wildman–Crippen LogP) is 4.78. The molecule has 0 aliphatic carbocycles. The topological polar surface area (TPSA) is 32.8 Å². The Labute approximate surface area is 187 Å². The van der Waals surface area contributed by atoms with E-state index in [1.165, 1.54) is 11.1 Å². The van der Waals surface area contributed by atoms with Gasteiger partial charge >= 0.3 is 0 Å². The minimum absolute atomic E-state index is 0.155. The lowest BCUT2D eigenvalue weighted by Crippen LogP contribution is -2.47. The van der Waals surface area contributed by atoms with Crippen LogP contribution in [0.5, 0.6) is 5.75 Å². The average molecular weight is 421 g/mol. The lowest BCUT2D eigenvalue weighted by molar-refractivity contribution is -0.138. The molecular weight excluding hydrogens is 384 g/mol. The third-order valence-corrected chi connectivity index (χ3v) is 6.79. The van der Waals surface area contributed by atoms with Crippen LogP contribution in [0, 0.1) is 11.8 Å². The molecule has 4 rings (SSSR count). The van der Waals surface area contributed by atoms with Gasteiger partial charge in [-0.25, -0.2) is 0 Å². The predicted molar refractivity (Wildman–Crippen MR) is 125 cm³/mol. The van der Waals surface area contributed by atoms with Crippen LogP contribution in [0.25, 0.3) is 0 Å².